The number of ether oxygens (including phenoxy) is 1. The normalized spacial score (nSPS) is 17.3. The van der Waals surface area contributed by atoms with Crippen molar-refractivity contribution in [3.8, 4) is 5.75 Å². The quantitative estimate of drug-likeness (QED) is 0.850. The lowest BCUT2D eigenvalue weighted by molar-refractivity contribution is -0.141. The van der Waals surface area contributed by atoms with Gasteiger partial charge in [-0.25, -0.2) is 0 Å². The van der Waals surface area contributed by atoms with E-state index in [1.807, 2.05) is 0 Å². The molecule has 3 rings (SSSR count). The molecule has 9 heteroatoms. The highest BCUT2D eigenvalue weighted by Gasteiger charge is 2.37. The maximum absolute atomic E-state index is 13.0. The van der Waals surface area contributed by atoms with Crippen LogP contribution in [0.4, 0.5) is 13.2 Å². The van der Waals surface area contributed by atoms with Crippen LogP contribution >= 0.6 is 0 Å². The fourth-order valence-electron chi connectivity index (χ4n) is 2.94. The van der Waals surface area contributed by atoms with E-state index < -0.39 is 17.8 Å². The largest absolute Gasteiger partial charge is 0.496 e. The number of aromatic nitrogens is 2. The van der Waals surface area contributed by atoms with Gasteiger partial charge in [-0.1, -0.05) is 18.2 Å². The van der Waals surface area contributed by atoms with Gasteiger partial charge in [0.05, 0.1) is 13.2 Å². The number of benzene rings is 1. The van der Waals surface area contributed by atoms with Crippen molar-refractivity contribution in [2.45, 2.75) is 25.2 Å². The number of carbonyl (C=O) groups excluding carboxylic acids is 1. The van der Waals surface area contributed by atoms with Gasteiger partial charge in [0.15, 0.2) is 5.69 Å². The van der Waals surface area contributed by atoms with E-state index in [4.69, 9.17) is 4.74 Å². The summed E-state index contributed by atoms with van der Waals surface area (Å²) in [4.78, 5) is 12.5. The molecule has 1 aromatic heterocycles. The van der Waals surface area contributed by atoms with Gasteiger partial charge in [0, 0.05) is 24.7 Å². The van der Waals surface area contributed by atoms with E-state index in [-0.39, 0.29) is 18.3 Å². The molecule has 1 fully saturated rings. The molecular weight excluding hydrogens is 349 g/mol. The molecule has 1 amide bonds. The number of para-hydroxylation sites is 1. The van der Waals surface area contributed by atoms with E-state index in [9.17, 15) is 18.0 Å². The van der Waals surface area contributed by atoms with Gasteiger partial charge >= 0.3 is 6.18 Å². The molecule has 0 radical (unpaired) electrons. The predicted molar refractivity (Wildman–Crippen MR) is 87.9 cm³/mol. The third-order valence-corrected chi connectivity index (χ3v) is 4.27. The molecule has 0 aliphatic carbocycles. The molecule has 0 bridgehead atoms. The smallest absolute Gasteiger partial charge is 0.435 e. The highest BCUT2D eigenvalue weighted by atomic mass is 19.4. The first-order chi connectivity index (χ1) is 12.4. The fourth-order valence-corrected chi connectivity index (χ4v) is 2.94. The molecule has 2 heterocycles. The molecule has 1 atom stereocenters. The van der Waals surface area contributed by atoms with Crippen LogP contribution in [-0.4, -0.2) is 35.9 Å². The Morgan fingerprint density at radius 1 is 1.42 bits per heavy atom. The van der Waals surface area contributed by atoms with Gasteiger partial charge in [0.25, 0.3) is 5.91 Å². The highest BCUT2D eigenvalue weighted by Crippen LogP contribution is 2.30. The van der Waals surface area contributed by atoms with Gasteiger partial charge < -0.3 is 15.4 Å². The second kappa shape index (κ2) is 7.36. The summed E-state index contributed by atoms with van der Waals surface area (Å²) in [6.45, 7) is 1.29. The molecule has 2 N–H and O–H groups in total. The Morgan fingerprint density at radius 3 is 2.85 bits per heavy atom. The first-order valence-electron chi connectivity index (χ1n) is 8.17. The monoisotopic (exact) mass is 368 g/mol. The van der Waals surface area contributed by atoms with Crippen LogP contribution in [0.2, 0.25) is 0 Å². The van der Waals surface area contributed by atoms with Gasteiger partial charge in [-0.05, 0) is 19.0 Å². The fraction of sp³-hybridized carbons (Fsp3) is 0.412. The lowest BCUT2D eigenvalue weighted by Crippen LogP contribution is -2.28. The molecule has 1 aliphatic heterocycles. The van der Waals surface area contributed by atoms with Crippen LogP contribution in [0.1, 0.15) is 34.2 Å². The first kappa shape index (κ1) is 18.2. The maximum atomic E-state index is 13.0. The molecule has 1 aromatic carbocycles. The van der Waals surface area contributed by atoms with E-state index in [2.05, 4.69) is 15.7 Å². The number of nitrogens with one attached hydrogen (secondary N) is 2. The Bertz CT molecular complexity index is 783. The molecule has 1 saturated heterocycles. The summed E-state index contributed by atoms with van der Waals surface area (Å²) in [7, 11) is 1.51. The first-order valence-corrected chi connectivity index (χ1v) is 8.17. The average Bonchev–Trinajstić information content (AvgIpc) is 3.28. The van der Waals surface area contributed by atoms with E-state index in [0.29, 0.717) is 25.3 Å². The minimum absolute atomic E-state index is 0.0964. The summed E-state index contributed by atoms with van der Waals surface area (Å²) in [6, 6.07) is 7.63. The van der Waals surface area contributed by atoms with Crippen LogP contribution in [0.3, 0.4) is 0 Å². The molecule has 1 aliphatic rings. The van der Waals surface area contributed by atoms with E-state index >= 15 is 0 Å². The predicted octanol–water partition coefficient (Wildman–Crippen LogP) is 2.37. The third-order valence-electron chi connectivity index (χ3n) is 4.27. The molecule has 2 aromatic rings. The molecule has 0 saturated carbocycles. The van der Waals surface area contributed by atoms with Crippen molar-refractivity contribution in [3.63, 3.8) is 0 Å². The Morgan fingerprint density at radius 2 is 2.19 bits per heavy atom. The van der Waals surface area contributed by atoms with Crippen molar-refractivity contribution in [3.05, 3.63) is 47.3 Å². The lowest BCUT2D eigenvalue weighted by Gasteiger charge is -2.14. The van der Waals surface area contributed by atoms with Crippen molar-refractivity contribution in [1.82, 2.24) is 20.4 Å². The minimum atomic E-state index is -4.60. The molecule has 140 valence electrons. The average molecular weight is 368 g/mol. The zero-order valence-corrected chi connectivity index (χ0v) is 14.1. The summed E-state index contributed by atoms with van der Waals surface area (Å²) in [5.41, 5.74) is -0.430. The number of alkyl halides is 3. The maximum Gasteiger partial charge on any atom is 0.435 e. The van der Waals surface area contributed by atoms with Crippen LogP contribution in [0, 0.1) is 0 Å². The van der Waals surface area contributed by atoms with Crippen LogP contribution in [0.15, 0.2) is 30.3 Å². The zero-order chi connectivity index (χ0) is 18.7. The van der Waals surface area contributed by atoms with Crippen molar-refractivity contribution in [2.24, 2.45) is 0 Å². The van der Waals surface area contributed by atoms with Crippen LogP contribution in [-0.2, 0) is 12.7 Å². The number of halogens is 3. The number of methoxy groups -OCH3 is 1. The number of hydrogen-bond donors (Lipinski definition) is 2. The number of nitrogens with zero attached hydrogens (tertiary/aromatic N) is 2. The third kappa shape index (κ3) is 3.82. The number of carbonyl (C=O) groups is 1. The molecule has 26 heavy (non-hydrogen) atoms. The molecule has 6 nitrogen and oxygen atoms in total. The summed E-state index contributed by atoms with van der Waals surface area (Å²) in [5.74, 6) is -0.0110. The summed E-state index contributed by atoms with van der Waals surface area (Å²) in [6.07, 6.45) is -3.99. The Balaban J connectivity index is 1.82. The van der Waals surface area contributed by atoms with E-state index in [1.165, 1.54) is 11.8 Å². The van der Waals surface area contributed by atoms with Gasteiger partial charge in [0.2, 0.25) is 0 Å². The van der Waals surface area contributed by atoms with Crippen molar-refractivity contribution >= 4 is 5.91 Å². The van der Waals surface area contributed by atoms with Crippen LogP contribution < -0.4 is 15.4 Å². The van der Waals surface area contributed by atoms with E-state index in [1.54, 1.807) is 24.3 Å². The summed E-state index contributed by atoms with van der Waals surface area (Å²) >= 11 is 0. The van der Waals surface area contributed by atoms with Crippen molar-refractivity contribution in [1.29, 1.82) is 0 Å². The number of hydrogen-bond acceptors (Lipinski definition) is 4. The topological polar surface area (TPSA) is 68.2 Å². The van der Waals surface area contributed by atoms with Gasteiger partial charge in [-0.2, -0.15) is 18.3 Å². The van der Waals surface area contributed by atoms with E-state index in [0.717, 1.165) is 11.6 Å². The number of rotatable bonds is 5. The SMILES string of the molecule is COc1ccccc1CNC(=O)c1cc(C(F)(F)F)nn1C1CCNC1. The van der Waals surface area contributed by atoms with Crippen molar-refractivity contribution in [2.75, 3.05) is 20.2 Å². The summed E-state index contributed by atoms with van der Waals surface area (Å²) in [5, 5.41) is 9.36. The second-order valence-corrected chi connectivity index (χ2v) is 6.00. The van der Waals surface area contributed by atoms with Crippen LogP contribution in [0.25, 0.3) is 0 Å². The lowest BCUT2D eigenvalue weighted by atomic mass is 10.2. The molecule has 1 unspecified atom stereocenters. The summed E-state index contributed by atoms with van der Waals surface area (Å²) < 4.78 is 45.5. The van der Waals surface area contributed by atoms with Gasteiger partial charge in [-0.3, -0.25) is 9.48 Å². The zero-order valence-electron chi connectivity index (χ0n) is 14.1. The van der Waals surface area contributed by atoms with Gasteiger partial charge in [-0.15, -0.1) is 0 Å². The van der Waals surface area contributed by atoms with Crippen molar-refractivity contribution < 1.29 is 22.7 Å². The van der Waals surface area contributed by atoms with Crippen LogP contribution in [0.5, 0.6) is 5.75 Å². The molecular formula is C17H19F3N4O2. The molecule has 0 spiro atoms. The Labute approximate surface area is 148 Å². The minimum Gasteiger partial charge on any atom is -0.496 e. The highest BCUT2D eigenvalue weighted by molar-refractivity contribution is 5.92. The second-order valence-electron chi connectivity index (χ2n) is 6.00. The number of amides is 1. The Kier molecular flexibility index (Phi) is 5.17. The van der Waals surface area contributed by atoms with Gasteiger partial charge in [0.1, 0.15) is 11.4 Å². The Hall–Kier alpha value is -2.55. The standard InChI is InChI=1S/C17H19F3N4O2/c1-26-14-5-3-2-4-11(14)9-22-16(25)13-8-15(17(18,19)20)23-24(13)12-6-7-21-10-12/h2-5,8,12,21H,6-7,9-10H2,1H3,(H,22,25).